The van der Waals surface area contributed by atoms with E-state index in [1.807, 2.05) is 31.2 Å². The van der Waals surface area contributed by atoms with Crippen molar-refractivity contribution >= 4 is 50.3 Å². The number of carbonyl (C=O) groups excluding carboxylic acids is 1. The number of benzene rings is 3. The molecule has 2 heterocycles. The monoisotopic (exact) mass is 579 g/mol. The van der Waals surface area contributed by atoms with Gasteiger partial charge in [-0.15, -0.1) is 0 Å². The van der Waals surface area contributed by atoms with Gasteiger partial charge in [-0.2, -0.15) is 9.41 Å². The summed E-state index contributed by atoms with van der Waals surface area (Å²) in [5.74, 6) is -0.501. The molecule has 5 rings (SSSR count). The van der Waals surface area contributed by atoms with E-state index in [2.05, 4.69) is 15.1 Å². The van der Waals surface area contributed by atoms with Crippen molar-refractivity contribution in [2.24, 2.45) is 5.10 Å². The number of nitrogens with one attached hydrogen (secondary N) is 1. The van der Waals surface area contributed by atoms with E-state index in [1.165, 1.54) is 40.7 Å². The van der Waals surface area contributed by atoms with Gasteiger partial charge in [-0.3, -0.25) is 14.9 Å². The minimum atomic E-state index is -3.88. The minimum Gasteiger partial charge on any atom is -0.340 e. The molecule has 206 valence electrons. The maximum Gasteiger partial charge on any atom is 0.269 e. The molecule has 3 aromatic carbocycles. The van der Waals surface area contributed by atoms with E-state index in [0.29, 0.717) is 24.4 Å². The predicted octanol–water partition coefficient (Wildman–Crippen LogP) is 4.86. The molecule has 0 unspecified atom stereocenters. The van der Waals surface area contributed by atoms with Gasteiger partial charge in [0.25, 0.3) is 11.6 Å². The lowest BCUT2D eigenvalue weighted by Gasteiger charge is -2.22. The zero-order valence-corrected chi connectivity index (χ0v) is 23.1. The number of hydrogen-bond acceptors (Lipinski definition) is 6. The molecule has 1 fully saturated rings. The van der Waals surface area contributed by atoms with Gasteiger partial charge in [0.05, 0.1) is 16.0 Å². The number of nitro benzene ring substituents is 1. The summed E-state index contributed by atoms with van der Waals surface area (Å²) in [6.07, 6.45) is 2.51. The first-order valence-electron chi connectivity index (χ1n) is 12.6. The smallest absolute Gasteiger partial charge is 0.269 e. The van der Waals surface area contributed by atoms with Gasteiger partial charge in [0.2, 0.25) is 10.0 Å². The Bertz CT molecular complexity index is 1720. The van der Waals surface area contributed by atoms with E-state index >= 15 is 0 Å². The van der Waals surface area contributed by atoms with Gasteiger partial charge in [0.15, 0.2) is 0 Å². The highest BCUT2D eigenvalue weighted by Crippen LogP contribution is 2.28. The first-order valence-corrected chi connectivity index (χ1v) is 14.4. The molecule has 0 spiro atoms. The molecule has 0 bridgehead atoms. The fourth-order valence-corrected chi connectivity index (χ4v) is 6.78. The number of sulfonamides is 1. The van der Waals surface area contributed by atoms with E-state index in [0.717, 1.165) is 27.7 Å². The van der Waals surface area contributed by atoms with Crippen molar-refractivity contribution in [2.45, 2.75) is 37.2 Å². The molecule has 12 heteroatoms. The molecule has 40 heavy (non-hydrogen) atoms. The summed E-state index contributed by atoms with van der Waals surface area (Å²) in [4.78, 5) is 23.7. The molecule has 0 saturated carbocycles. The Labute approximate surface area is 236 Å². The molecule has 1 N–H and O–H groups in total. The van der Waals surface area contributed by atoms with E-state index in [-0.39, 0.29) is 17.1 Å². The van der Waals surface area contributed by atoms with Gasteiger partial charge in [-0.05, 0) is 55.7 Å². The second-order valence-corrected chi connectivity index (χ2v) is 11.8. The average Bonchev–Trinajstić information content (AvgIpc) is 3.54. The highest BCUT2D eigenvalue weighted by Gasteiger charge is 2.39. The molecule has 1 aromatic heterocycles. The number of non-ortho nitro benzene ring substituents is 1. The maximum absolute atomic E-state index is 13.2. The molecule has 1 aliphatic rings. The van der Waals surface area contributed by atoms with E-state index in [4.69, 9.17) is 11.6 Å². The number of nitrogens with zero attached hydrogens (tertiary/aromatic N) is 4. The van der Waals surface area contributed by atoms with Crippen LogP contribution < -0.4 is 5.43 Å². The van der Waals surface area contributed by atoms with Crippen LogP contribution in [-0.2, 0) is 21.4 Å². The summed E-state index contributed by atoms with van der Waals surface area (Å²) in [5, 5.41) is 16.5. The van der Waals surface area contributed by atoms with Crippen molar-refractivity contribution in [1.82, 2.24) is 14.3 Å². The number of fused-ring (bicyclic) bond motifs is 1. The van der Waals surface area contributed by atoms with Crippen LogP contribution in [0.1, 0.15) is 29.7 Å². The molecular weight excluding hydrogens is 554 g/mol. The van der Waals surface area contributed by atoms with Crippen LogP contribution in [0, 0.1) is 17.0 Å². The van der Waals surface area contributed by atoms with Gasteiger partial charge in [-0.1, -0.05) is 41.9 Å². The predicted molar refractivity (Wildman–Crippen MR) is 153 cm³/mol. The standard InChI is InChI=1S/C28H26ClN5O5S/c1-19-25(24-5-2-3-6-26(24)32(19)18-20-8-12-22(13-9-20)34(36)37)17-30-31-28(35)27-7-4-16-33(27)40(38,39)23-14-10-21(29)11-15-23/h2-3,5-6,8-15,17,27H,4,7,16,18H2,1H3,(H,31,35)/b30-17-/t27-/m1/s1. The number of amides is 1. The second-order valence-electron chi connectivity index (χ2n) is 9.49. The average molecular weight is 580 g/mol. The number of halogens is 1. The van der Waals surface area contributed by atoms with Crippen LogP contribution in [0.4, 0.5) is 5.69 Å². The number of rotatable bonds is 8. The Balaban J connectivity index is 1.35. The van der Waals surface area contributed by atoms with Crippen molar-refractivity contribution in [3.63, 3.8) is 0 Å². The van der Waals surface area contributed by atoms with E-state index in [9.17, 15) is 23.3 Å². The van der Waals surface area contributed by atoms with Gasteiger partial charge < -0.3 is 4.57 Å². The van der Waals surface area contributed by atoms with Gasteiger partial charge >= 0.3 is 0 Å². The fourth-order valence-electron chi connectivity index (χ4n) is 5.00. The zero-order valence-electron chi connectivity index (χ0n) is 21.5. The number of nitro groups is 1. The normalized spacial score (nSPS) is 16.1. The Hall–Kier alpha value is -4.06. The van der Waals surface area contributed by atoms with E-state index in [1.54, 1.807) is 18.3 Å². The minimum absolute atomic E-state index is 0.0307. The topological polar surface area (TPSA) is 127 Å². The lowest BCUT2D eigenvalue weighted by molar-refractivity contribution is -0.384. The number of hydrazone groups is 1. The fraction of sp³-hybridized carbons (Fsp3) is 0.214. The van der Waals surface area contributed by atoms with E-state index < -0.39 is 26.9 Å². The summed E-state index contributed by atoms with van der Waals surface area (Å²) < 4.78 is 29.7. The van der Waals surface area contributed by atoms with Crippen LogP contribution in [0.25, 0.3) is 10.9 Å². The molecule has 1 saturated heterocycles. The van der Waals surface area contributed by atoms with Crippen molar-refractivity contribution in [1.29, 1.82) is 0 Å². The third-order valence-corrected chi connectivity index (χ3v) is 9.24. The third-order valence-electron chi connectivity index (χ3n) is 7.06. The van der Waals surface area contributed by atoms with Gasteiger partial charge in [0, 0.05) is 52.4 Å². The highest BCUT2D eigenvalue weighted by atomic mass is 35.5. The molecule has 0 aliphatic carbocycles. The first kappa shape index (κ1) is 27.5. The van der Waals surface area contributed by atoms with Crippen molar-refractivity contribution in [3.05, 3.63) is 105 Å². The van der Waals surface area contributed by atoms with Crippen LogP contribution in [0.3, 0.4) is 0 Å². The molecular formula is C28H26ClN5O5S. The lowest BCUT2D eigenvalue weighted by atomic mass is 10.1. The van der Waals surface area contributed by atoms with Crippen molar-refractivity contribution in [3.8, 4) is 0 Å². The molecule has 10 nitrogen and oxygen atoms in total. The quantitative estimate of drug-likeness (QED) is 0.181. The van der Waals surface area contributed by atoms with Crippen molar-refractivity contribution < 1.29 is 18.1 Å². The SMILES string of the molecule is Cc1c(/C=N\NC(=O)[C@H]2CCCN2S(=O)(=O)c2ccc(Cl)cc2)c2ccccc2n1Cc1ccc([N+](=O)[O-])cc1. The number of hydrogen-bond donors (Lipinski definition) is 1. The maximum atomic E-state index is 13.2. The number of aromatic nitrogens is 1. The second kappa shape index (κ2) is 11.2. The highest BCUT2D eigenvalue weighted by molar-refractivity contribution is 7.89. The lowest BCUT2D eigenvalue weighted by Crippen LogP contribution is -2.44. The number of para-hydroxylation sites is 1. The number of carbonyl (C=O) groups is 1. The molecule has 0 radical (unpaired) electrons. The summed E-state index contributed by atoms with van der Waals surface area (Å²) in [6, 6.07) is 19.2. The van der Waals surface area contributed by atoms with Crippen LogP contribution in [-0.4, -0.2) is 46.9 Å². The summed E-state index contributed by atoms with van der Waals surface area (Å²) in [6.45, 7) is 2.66. The Morgan fingerprint density at radius 2 is 1.82 bits per heavy atom. The molecule has 1 atom stereocenters. The summed E-state index contributed by atoms with van der Waals surface area (Å²) >= 11 is 5.90. The molecule has 1 amide bonds. The summed E-state index contributed by atoms with van der Waals surface area (Å²) in [7, 11) is -3.88. The van der Waals surface area contributed by atoms with Crippen LogP contribution in [0.15, 0.2) is 82.8 Å². The zero-order chi connectivity index (χ0) is 28.4. The third kappa shape index (κ3) is 5.35. The molecule has 1 aliphatic heterocycles. The Morgan fingerprint density at radius 3 is 2.52 bits per heavy atom. The molecule has 4 aromatic rings. The first-order chi connectivity index (χ1) is 19.2. The van der Waals surface area contributed by atoms with Crippen LogP contribution >= 0.6 is 11.6 Å². The largest absolute Gasteiger partial charge is 0.340 e. The summed E-state index contributed by atoms with van der Waals surface area (Å²) in [5.41, 5.74) is 6.10. The Morgan fingerprint density at radius 1 is 1.12 bits per heavy atom. The van der Waals surface area contributed by atoms with Crippen molar-refractivity contribution in [2.75, 3.05) is 6.54 Å². The Kier molecular flexibility index (Phi) is 7.70. The van der Waals surface area contributed by atoms with Crippen LogP contribution in [0.2, 0.25) is 5.02 Å². The van der Waals surface area contributed by atoms with Gasteiger partial charge in [-0.25, -0.2) is 13.8 Å². The van der Waals surface area contributed by atoms with Crippen LogP contribution in [0.5, 0.6) is 0 Å². The van der Waals surface area contributed by atoms with Gasteiger partial charge in [0.1, 0.15) is 6.04 Å².